The lowest BCUT2D eigenvalue weighted by molar-refractivity contribution is -0.140. The summed E-state index contributed by atoms with van der Waals surface area (Å²) in [5.41, 5.74) is 0.421. The van der Waals surface area contributed by atoms with Crippen molar-refractivity contribution in [3.63, 3.8) is 0 Å². The Morgan fingerprint density at radius 3 is 2.65 bits per heavy atom. The Kier molecular flexibility index (Phi) is 4.74. The quantitative estimate of drug-likeness (QED) is 0.459. The van der Waals surface area contributed by atoms with Crippen LogP contribution in [-0.4, -0.2) is 28.8 Å². The molecule has 2 N–H and O–H groups in total. The Hall–Kier alpha value is -1.44. The standard InChI is InChI=1S/C14H14INO4/c15-11-4-2-1-3-9(11)13(18)10(14(19)20)7-8-5-6-12(17)16-8/h1-4,8,10H,5-7H2,(H,16,17)(H,19,20). The molecule has 0 aliphatic carbocycles. The molecule has 1 aliphatic rings. The van der Waals surface area contributed by atoms with Crippen LogP contribution in [0.2, 0.25) is 0 Å². The van der Waals surface area contributed by atoms with Crippen molar-refractivity contribution >= 4 is 40.3 Å². The number of Topliss-reactive ketones (excluding diaryl/α,β-unsaturated/α-hetero) is 1. The number of rotatable bonds is 5. The van der Waals surface area contributed by atoms with Gasteiger partial charge < -0.3 is 10.4 Å². The molecule has 1 amide bonds. The van der Waals surface area contributed by atoms with Crippen LogP contribution >= 0.6 is 22.6 Å². The number of halogens is 1. The van der Waals surface area contributed by atoms with Gasteiger partial charge in [-0.25, -0.2) is 0 Å². The van der Waals surface area contributed by atoms with E-state index in [0.717, 1.165) is 3.57 Å². The molecule has 2 rings (SSSR count). The van der Waals surface area contributed by atoms with Gasteiger partial charge in [-0.05, 0) is 41.5 Å². The Morgan fingerprint density at radius 1 is 1.40 bits per heavy atom. The van der Waals surface area contributed by atoms with Crippen molar-refractivity contribution in [3.05, 3.63) is 33.4 Å². The lowest BCUT2D eigenvalue weighted by Gasteiger charge is -2.16. The molecule has 0 bridgehead atoms. The highest BCUT2D eigenvalue weighted by Gasteiger charge is 2.33. The predicted octanol–water partition coefficient (Wildman–Crippen LogP) is 1.84. The van der Waals surface area contributed by atoms with Crippen molar-refractivity contribution in [1.82, 2.24) is 5.32 Å². The zero-order valence-electron chi connectivity index (χ0n) is 10.6. The summed E-state index contributed by atoms with van der Waals surface area (Å²) in [7, 11) is 0. The molecule has 0 aromatic heterocycles. The van der Waals surface area contributed by atoms with E-state index in [0.29, 0.717) is 18.4 Å². The van der Waals surface area contributed by atoms with E-state index in [4.69, 9.17) is 0 Å². The molecule has 1 heterocycles. The second-order valence-corrected chi connectivity index (χ2v) is 5.94. The summed E-state index contributed by atoms with van der Waals surface area (Å²) in [6.07, 6.45) is 1.13. The van der Waals surface area contributed by atoms with Gasteiger partial charge in [0.05, 0.1) is 0 Å². The van der Waals surface area contributed by atoms with Gasteiger partial charge in [-0.3, -0.25) is 14.4 Å². The van der Waals surface area contributed by atoms with E-state index in [-0.39, 0.29) is 18.4 Å². The molecule has 0 radical (unpaired) electrons. The monoisotopic (exact) mass is 387 g/mol. The van der Waals surface area contributed by atoms with Gasteiger partial charge in [0.25, 0.3) is 0 Å². The third-order valence-corrected chi connectivity index (χ3v) is 4.30. The number of ketones is 1. The number of hydrogen-bond acceptors (Lipinski definition) is 3. The Morgan fingerprint density at radius 2 is 2.10 bits per heavy atom. The van der Waals surface area contributed by atoms with Crippen molar-refractivity contribution in [1.29, 1.82) is 0 Å². The van der Waals surface area contributed by atoms with E-state index in [1.165, 1.54) is 0 Å². The number of carbonyl (C=O) groups excluding carboxylic acids is 2. The number of benzene rings is 1. The number of amides is 1. The lowest BCUT2D eigenvalue weighted by atomic mass is 9.91. The largest absolute Gasteiger partial charge is 0.481 e. The third kappa shape index (κ3) is 3.36. The van der Waals surface area contributed by atoms with Crippen molar-refractivity contribution < 1.29 is 19.5 Å². The number of carboxylic acid groups (broad SMARTS) is 1. The molecule has 6 heteroatoms. The fourth-order valence-corrected chi connectivity index (χ4v) is 2.96. The van der Waals surface area contributed by atoms with Crippen LogP contribution in [0.3, 0.4) is 0 Å². The first kappa shape index (κ1) is 15.0. The molecule has 2 atom stereocenters. The Balaban J connectivity index is 2.16. The molecule has 0 spiro atoms. The first-order valence-corrected chi connectivity index (χ1v) is 7.38. The van der Waals surface area contributed by atoms with Gasteiger partial charge in [-0.15, -0.1) is 0 Å². The van der Waals surface area contributed by atoms with Gasteiger partial charge in [0.2, 0.25) is 5.91 Å². The summed E-state index contributed by atoms with van der Waals surface area (Å²) in [6, 6.07) is 6.68. The van der Waals surface area contributed by atoms with Gasteiger partial charge >= 0.3 is 5.97 Å². The smallest absolute Gasteiger partial charge is 0.314 e. The summed E-state index contributed by atoms with van der Waals surface area (Å²) >= 11 is 2.02. The van der Waals surface area contributed by atoms with Crippen molar-refractivity contribution in [2.75, 3.05) is 0 Å². The molecular formula is C14H14INO4. The fraction of sp³-hybridized carbons (Fsp3) is 0.357. The zero-order valence-corrected chi connectivity index (χ0v) is 12.8. The van der Waals surface area contributed by atoms with E-state index in [9.17, 15) is 19.5 Å². The number of carboxylic acids is 1. The molecule has 106 valence electrons. The van der Waals surface area contributed by atoms with Crippen molar-refractivity contribution in [3.8, 4) is 0 Å². The molecule has 1 fully saturated rings. The minimum absolute atomic E-state index is 0.0825. The fourth-order valence-electron chi connectivity index (χ4n) is 2.31. The molecule has 1 aromatic carbocycles. The lowest BCUT2D eigenvalue weighted by Crippen LogP contribution is -2.34. The SMILES string of the molecule is O=C1CCC(CC(C(=O)O)C(=O)c2ccccc2I)N1. The maximum atomic E-state index is 12.4. The molecule has 5 nitrogen and oxygen atoms in total. The first-order valence-electron chi connectivity index (χ1n) is 6.30. The molecule has 1 aromatic rings. The van der Waals surface area contributed by atoms with Crippen LogP contribution in [0, 0.1) is 9.49 Å². The van der Waals surface area contributed by atoms with Crippen LogP contribution in [0.4, 0.5) is 0 Å². The van der Waals surface area contributed by atoms with Gasteiger partial charge in [0.15, 0.2) is 5.78 Å². The first-order chi connectivity index (χ1) is 9.49. The van der Waals surface area contributed by atoms with Crippen LogP contribution in [0.15, 0.2) is 24.3 Å². The van der Waals surface area contributed by atoms with Gasteiger partial charge in [0, 0.05) is 21.6 Å². The van der Waals surface area contributed by atoms with Gasteiger partial charge in [-0.2, -0.15) is 0 Å². The van der Waals surface area contributed by atoms with E-state index in [2.05, 4.69) is 5.32 Å². The zero-order chi connectivity index (χ0) is 14.7. The summed E-state index contributed by atoms with van der Waals surface area (Å²) in [6.45, 7) is 0. The summed E-state index contributed by atoms with van der Waals surface area (Å²) in [5, 5.41) is 12.0. The van der Waals surface area contributed by atoms with E-state index >= 15 is 0 Å². The molecule has 1 saturated heterocycles. The van der Waals surface area contributed by atoms with E-state index < -0.39 is 17.7 Å². The molecule has 1 aliphatic heterocycles. The topological polar surface area (TPSA) is 83.5 Å². The minimum Gasteiger partial charge on any atom is -0.481 e. The predicted molar refractivity (Wildman–Crippen MR) is 80.4 cm³/mol. The third-order valence-electron chi connectivity index (χ3n) is 3.36. The maximum absolute atomic E-state index is 12.4. The van der Waals surface area contributed by atoms with Crippen molar-refractivity contribution in [2.45, 2.75) is 25.3 Å². The van der Waals surface area contributed by atoms with Crippen LogP contribution in [0.5, 0.6) is 0 Å². The molecule has 0 saturated carbocycles. The molecule has 20 heavy (non-hydrogen) atoms. The second-order valence-electron chi connectivity index (χ2n) is 4.77. The Labute approximate surface area is 129 Å². The van der Waals surface area contributed by atoms with E-state index in [1.807, 2.05) is 22.6 Å². The number of hydrogen-bond donors (Lipinski definition) is 2. The highest BCUT2D eigenvalue weighted by Crippen LogP contribution is 2.22. The summed E-state index contributed by atoms with van der Waals surface area (Å²) in [4.78, 5) is 34.9. The van der Waals surface area contributed by atoms with Crippen LogP contribution in [0.25, 0.3) is 0 Å². The number of carbonyl (C=O) groups is 3. The van der Waals surface area contributed by atoms with Crippen molar-refractivity contribution in [2.24, 2.45) is 5.92 Å². The molecular weight excluding hydrogens is 373 g/mol. The highest BCUT2D eigenvalue weighted by molar-refractivity contribution is 14.1. The van der Waals surface area contributed by atoms with Gasteiger partial charge in [-0.1, -0.05) is 18.2 Å². The maximum Gasteiger partial charge on any atom is 0.314 e. The van der Waals surface area contributed by atoms with Crippen LogP contribution < -0.4 is 5.32 Å². The molecule has 2 unspecified atom stereocenters. The average Bonchev–Trinajstić information content (AvgIpc) is 2.81. The normalized spacial score (nSPS) is 19.4. The number of nitrogens with one attached hydrogen (secondary N) is 1. The van der Waals surface area contributed by atoms with E-state index in [1.54, 1.807) is 24.3 Å². The van der Waals surface area contributed by atoms with Crippen LogP contribution in [0.1, 0.15) is 29.6 Å². The summed E-state index contributed by atoms with van der Waals surface area (Å²) in [5.74, 6) is -2.74. The summed E-state index contributed by atoms with van der Waals surface area (Å²) < 4.78 is 0.733. The number of aliphatic carboxylic acids is 1. The second kappa shape index (κ2) is 6.34. The van der Waals surface area contributed by atoms with Crippen LogP contribution in [-0.2, 0) is 9.59 Å². The highest BCUT2D eigenvalue weighted by atomic mass is 127. The minimum atomic E-state index is -1.14. The Bertz CT molecular complexity index is 558. The van der Waals surface area contributed by atoms with Gasteiger partial charge in [0.1, 0.15) is 5.92 Å². The average molecular weight is 387 g/mol.